The van der Waals surface area contributed by atoms with E-state index in [2.05, 4.69) is 10.2 Å². The number of nitrogens with zero attached hydrogens (tertiary/aromatic N) is 3. The molecule has 1 aliphatic heterocycles. The van der Waals surface area contributed by atoms with Crippen LogP contribution in [0.3, 0.4) is 0 Å². The molecule has 1 aromatic heterocycles. The summed E-state index contributed by atoms with van der Waals surface area (Å²) >= 11 is 0. The van der Waals surface area contributed by atoms with E-state index in [1.54, 1.807) is 0 Å². The minimum absolute atomic E-state index is 0.104. The maximum absolute atomic E-state index is 5.58. The minimum atomic E-state index is 0.104. The Balaban J connectivity index is 2.10. The molecule has 1 fully saturated rings. The van der Waals surface area contributed by atoms with Crippen LogP contribution in [0.1, 0.15) is 13.8 Å². The molecule has 2 rings (SSSR count). The summed E-state index contributed by atoms with van der Waals surface area (Å²) in [5.41, 5.74) is 5.36. The lowest BCUT2D eigenvalue weighted by Crippen LogP contribution is -2.45. The molecule has 0 spiro atoms. The molecule has 2 atom stereocenters. The first kappa shape index (κ1) is 9.26. The molecule has 0 amide bonds. The molecule has 6 heteroatoms. The molecule has 78 valence electrons. The van der Waals surface area contributed by atoms with Gasteiger partial charge in [0.05, 0.1) is 12.2 Å². The van der Waals surface area contributed by atoms with E-state index in [0.717, 1.165) is 13.1 Å². The molecule has 0 saturated carbocycles. The Labute approximate surface area is 82.0 Å². The van der Waals surface area contributed by atoms with Crippen molar-refractivity contribution in [3.05, 3.63) is 0 Å². The molecule has 14 heavy (non-hydrogen) atoms. The molecular weight excluding hydrogens is 184 g/mol. The van der Waals surface area contributed by atoms with Crippen molar-refractivity contribution in [1.82, 2.24) is 10.2 Å². The van der Waals surface area contributed by atoms with Gasteiger partial charge in [-0.1, -0.05) is 10.2 Å². The van der Waals surface area contributed by atoms with Crippen molar-refractivity contribution in [2.24, 2.45) is 0 Å². The van der Waals surface area contributed by atoms with E-state index in [1.165, 1.54) is 0 Å². The maximum atomic E-state index is 5.58. The van der Waals surface area contributed by atoms with Crippen molar-refractivity contribution in [3.63, 3.8) is 0 Å². The Morgan fingerprint density at radius 2 is 1.93 bits per heavy atom. The van der Waals surface area contributed by atoms with Crippen LogP contribution >= 0.6 is 0 Å². The Hall–Kier alpha value is -1.30. The van der Waals surface area contributed by atoms with E-state index < -0.39 is 0 Å². The third-order valence-corrected chi connectivity index (χ3v) is 2.12. The van der Waals surface area contributed by atoms with Crippen LogP contribution in [0.4, 0.5) is 12.0 Å². The number of rotatable bonds is 1. The highest BCUT2D eigenvalue weighted by atomic mass is 16.5. The first-order valence-electron chi connectivity index (χ1n) is 4.64. The van der Waals surface area contributed by atoms with E-state index in [4.69, 9.17) is 14.9 Å². The number of aromatic nitrogens is 2. The number of anilines is 2. The zero-order valence-electron chi connectivity index (χ0n) is 8.30. The van der Waals surface area contributed by atoms with Crippen LogP contribution in [0.15, 0.2) is 4.42 Å². The van der Waals surface area contributed by atoms with Gasteiger partial charge >= 0.3 is 12.0 Å². The third-order valence-electron chi connectivity index (χ3n) is 2.12. The van der Waals surface area contributed by atoms with Gasteiger partial charge in [-0.15, -0.1) is 0 Å². The molecule has 1 aromatic rings. The van der Waals surface area contributed by atoms with E-state index >= 15 is 0 Å². The van der Waals surface area contributed by atoms with Gasteiger partial charge in [-0.25, -0.2) is 0 Å². The topological polar surface area (TPSA) is 77.4 Å². The van der Waals surface area contributed by atoms with Crippen molar-refractivity contribution in [2.45, 2.75) is 26.1 Å². The third kappa shape index (κ3) is 1.79. The summed E-state index contributed by atoms with van der Waals surface area (Å²) in [7, 11) is 0. The quantitative estimate of drug-likeness (QED) is 0.697. The number of nitrogens with two attached hydrogens (primary N) is 1. The lowest BCUT2D eigenvalue weighted by molar-refractivity contribution is -0.00667. The Bertz CT molecular complexity index is 304. The van der Waals surface area contributed by atoms with Crippen molar-refractivity contribution >= 4 is 12.0 Å². The van der Waals surface area contributed by atoms with Crippen LogP contribution in [0, 0.1) is 0 Å². The summed E-state index contributed by atoms with van der Waals surface area (Å²) in [5, 5.41) is 7.46. The Morgan fingerprint density at radius 1 is 1.29 bits per heavy atom. The van der Waals surface area contributed by atoms with Gasteiger partial charge in [0.1, 0.15) is 0 Å². The number of hydrogen-bond donors (Lipinski definition) is 1. The standard InChI is InChI=1S/C8H14N4O2/c1-5-3-12(4-6(2)13-5)8-11-10-7(9)14-8/h5-6H,3-4H2,1-2H3,(H2,9,10)/t5-,6+. The van der Waals surface area contributed by atoms with Crippen LogP contribution in [0.5, 0.6) is 0 Å². The van der Waals surface area contributed by atoms with Crippen LogP contribution in [-0.2, 0) is 4.74 Å². The van der Waals surface area contributed by atoms with E-state index in [9.17, 15) is 0 Å². The van der Waals surface area contributed by atoms with Gasteiger partial charge in [-0.2, -0.15) is 0 Å². The molecule has 0 bridgehead atoms. The highest BCUT2D eigenvalue weighted by Gasteiger charge is 2.25. The minimum Gasteiger partial charge on any atom is -0.390 e. The highest BCUT2D eigenvalue weighted by molar-refractivity contribution is 5.28. The van der Waals surface area contributed by atoms with Gasteiger partial charge in [0.25, 0.3) is 0 Å². The zero-order valence-corrected chi connectivity index (χ0v) is 8.30. The molecule has 1 saturated heterocycles. The van der Waals surface area contributed by atoms with E-state index in [0.29, 0.717) is 6.01 Å². The van der Waals surface area contributed by atoms with Crippen molar-refractivity contribution < 1.29 is 9.15 Å². The number of morpholine rings is 1. The van der Waals surface area contributed by atoms with Gasteiger partial charge < -0.3 is 19.8 Å². The van der Waals surface area contributed by atoms with Gasteiger partial charge in [0, 0.05) is 13.1 Å². The summed E-state index contributed by atoms with van der Waals surface area (Å²) < 4.78 is 10.7. The fraction of sp³-hybridized carbons (Fsp3) is 0.750. The molecule has 2 heterocycles. The molecular formula is C8H14N4O2. The van der Waals surface area contributed by atoms with Crippen molar-refractivity contribution in [1.29, 1.82) is 0 Å². The van der Waals surface area contributed by atoms with E-state index in [1.807, 2.05) is 18.7 Å². The van der Waals surface area contributed by atoms with Crippen LogP contribution in [0.25, 0.3) is 0 Å². The van der Waals surface area contributed by atoms with Crippen molar-refractivity contribution in [2.75, 3.05) is 23.7 Å². The van der Waals surface area contributed by atoms with Crippen molar-refractivity contribution in [3.8, 4) is 0 Å². The predicted molar refractivity (Wildman–Crippen MR) is 50.9 cm³/mol. The van der Waals surface area contributed by atoms with Gasteiger partial charge in [-0.3, -0.25) is 0 Å². The maximum Gasteiger partial charge on any atom is 0.319 e. The molecule has 6 nitrogen and oxygen atoms in total. The fourth-order valence-electron chi connectivity index (χ4n) is 1.69. The normalized spacial score (nSPS) is 28.0. The SMILES string of the molecule is C[C@@H]1CN(c2nnc(N)o2)C[C@H](C)O1. The van der Waals surface area contributed by atoms with Gasteiger partial charge in [-0.05, 0) is 13.8 Å². The lowest BCUT2D eigenvalue weighted by Gasteiger charge is -2.33. The molecule has 1 aliphatic rings. The van der Waals surface area contributed by atoms with Crippen LogP contribution < -0.4 is 10.6 Å². The van der Waals surface area contributed by atoms with Gasteiger partial charge in [0.2, 0.25) is 0 Å². The summed E-state index contributed by atoms with van der Waals surface area (Å²) in [6, 6.07) is 0.580. The number of nitrogen functional groups attached to an aromatic ring is 1. The second-order valence-corrected chi connectivity index (χ2v) is 3.59. The first-order valence-corrected chi connectivity index (χ1v) is 4.64. The van der Waals surface area contributed by atoms with Crippen LogP contribution in [0.2, 0.25) is 0 Å². The molecule has 0 aliphatic carbocycles. The van der Waals surface area contributed by atoms with Crippen LogP contribution in [-0.4, -0.2) is 35.5 Å². The molecule has 0 unspecified atom stereocenters. The second-order valence-electron chi connectivity index (χ2n) is 3.59. The summed E-state index contributed by atoms with van der Waals surface area (Å²) in [6.07, 6.45) is 0.346. The fourth-order valence-corrected chi connectivity index (χ4v) is 1.69. The average molecular weight is 198 g/mol. The smallest absolute Gasteiger partial charge is 0.319 e. The number of ether oxygens (including phenoxy) is 1. The number of hydrogen-bond acceptors (Lipinski definition) is 6. The molecule has 0 aromatic carbocycles. The second kappa shape index (κ2) is 3.45. The predicted octanol–water partition coefficient (Wildman–Crippen LogP) is 0.265. The Kier molecular flexibility index (Phi) is 2.28. The van der Waals surface area contributed by atoms with Gasteiger partial charge in [0.15, 0.2) is 0 Å². The first-order chi connectivity index (χ1) is 6.65. The molecule has 2 N–H and O–H groups in total. The Morgan fingerprint density at radius 3 is 2.43 bits per heavy atom. The highest BCUT2D eigenvalue weighted by Crippen LogP contribution is 2.19. The van der Waals surface area contributed by atoms with E-state index in [-0.39, 0.29) is 18.2 Å². The molecule has 0 radical (unpaired) electrons. The largest absolute Gasteiger partial charge is 0.390 e. The summed E-state index contributed by atoms with van der Waals surface area (Å²) in [6.45, 7) is 5.54. The zero-order chi connectivity index (χ0) is 10.1. The summed E-state index contributed by atoms with van der Waals surface area (Å²) in [4.78, 5) is 1.99. The lowest BCUT2D eigenvalue weighted by atomic mass is 10.2. The monoisotopic (exact) mass is 198 g/mol. The average Bonchev–Trinajstić information content (AvgIpc) is 2.50. The summed E-state index contributed by atoms with van der Waals surface area (Å²) in [5.74, 6) is 0.